The molecule has 4 heteroatoms. The maximum atomic E-state index is 11.9. The van der Waals surface area contributed by atoms with Crippen LogP contribution in [0.4, 0.5) is 5.69 Å². The lowest BCUT2D eigenvalue weighted by molar-refractivity contribution is -0.116. The highest BCUT2D eigenvalue weighted by atomic mass is 16.1. The maximum Gasteiger partial charge on any atom is 0.224 e. The molecule has 0 bridgehead atoms. The molecule has 20 heavy (non-hydrogen) atoms. The fourth-order valence-electron chi connectivity index (χ4n) is 2.02. The van der Waals surface area contributed by atoms with Gasteiger partial charge in [-0.2, -0.15) is 0 Å². The third-order valence-corrected chi connectivity index (χ3v) is 3.70. The van der Waals surface area contributed by atoms with Crippen molar-refractivity contribution in [3.05, 3.63) is 29.8 Å². The molecular formula is C16H27N3O. The molecule has 0 aliphatic rings. The van der Waals surface area contributed by atoms with Crippen LogP contribution in [0.1, 0.15) is 38.7 Å². The molecule has 4 nitrogen and oxygen atoms in total. The second-order valence-corrected chi connectivity index (χ2v) is 5.29. The summed E-state index contributed by atoms with van der Waals surface area (Å²) in [7, 11) is 2.11. The molecule has 0 aliphatic heterocycles. The second kappa shape index (κ2) is 8.72. The molecular weight excluding hydrogens is 250 g/mol. The van der Waals surface area contributed by atoms with Crippen LogP contribution in [-0.4, -0.2) is 30.4 Å². The van der Waals surface area contributed by atoms with Crippen LogP contribution in [0.2, 0.25) is 0 Å². The van der Waals surface area contributed by atoms with E-state index in [2.05, 4.69) is 31.1 Å². The molecule has 1 amide bonds. The molecule has 0 saturated carbocycles. The first-order chi connectivity index (χ1) is 9.56. The van der Waals surface area contributed by atoms with Crippen LogP contribution in [0.25, 0.3) is 0 Å². The summed E-state index contributed by atoms with van der Waals surface area (Å²) < 4.78 is 0. The predicted octanol–water partition coefficient (Wildman–Crippen LogP) is 2.59. The first-order valence-electron chi connectivity index (χ1n) is 7.36. The van der Waals surface area contributed by atoms with Crippen LogP contribution in [0.5, 0.6) is 0 Å². The van der Waals surface area contributed by atoms with Crippen LogP contribution in [0.15, 0.2) is 24.3 Å². The number of amides is 1. The molecule has 0 aromatic heterocycles. The number of hydrogen-bond donors (Lipinski definition) is 2. The molecule has 0 aliphatic carbocycles. The summed E-state index contributed by atoms with van der Waals surface area (Å²) >= 11 is 0. The highest BCUT2D eigenvalue weighted by Gasteiger charge is 2.08. The van der Waals surface area contributed by atoms with Crippen LogP contribution in [-0.2, 0) is 11.3 Å². The van der Waals surface area contributed by atoms with Gasteiger partial charge >= 0.3 is 0 Å². The van der Waals surface area contributed by atoms with Crippen molar-refractivity contribution in [2.45, 2.75) is 45.7 Å². The van der Waals surface area contributed by atoms with Gasteiger partial charge in [-0.3, -0.25) is 4.79 Å². The Balaban J connectivity index is 2.33. The molecule has 0 saturated heterocycles. The van der Waals surface area contributed by atoms with Gasteiger partial charge in [-0.25, -0.2) is 0 Å². The molecule has 1 aromatic carbocycles. The molecule has 112 valence electrons. The number of hydrogen-bond acceptors (Lipinski definition) is 3. The van der Waals surface area contributed by atoms with Crippen LogP contribution in [0, 0.1) is 0 Å². The number of carbonyl (C=O) groups is 1. The van der Waals surface area contributed by atoms with Crippen molar-refractivity contribution in [3.63, 3.8) is 0 Å². The van der Waals surface area contributed by atoms with E-state index in [9.17, 15) is 4.79 Å². The Bertz CT molecular complexity index is 420. The maximum absolute atomic E-state index is 11.9. The summed E-state index contributed by atoms with van der Waals surface area (Å²) in [5.41, 5.74) is 7.44. The minimum Gasteiger partial charge on any atom is -0.326 e. The lowest BCUT2D eigenvalue weighted by atomic mass is 10.2. The van der Waals surface area contributed by atoms with E-state index in [0.717, 1.165) is 30.6 Å². The van der Waals surface area contributed by atoms with E-state index in [1.54, 1.807) is 0 Å². The molecule has 0 fully saturated rings. The van der Waals surface area contributed by atoms with Crippen molar-refractivity contribution in [1.29, 1.82) is 0 Å². The quantitative estimate of drug-likeness (QED) is 0.768. The van der Waals surface area contributed by atoms with Crippen molar-refractivity contribution in [1.82, 2.24) is 4.90 Å². The van der Waals surface area contributed by atoms with E-state index in [-0.39, 0.29) is 5.91 Å². The zero-order valence-corrected chi connectivity index (χ0v) is 12.9. The topological polar surface area (TPSA) is 58.4 Å². The van der Waals surface area contributed by atoms with E-state index < -0.39 is 0 Å². The van der Waals surface area contributed by atoms with Crippen LogP contribution >= 0.6 is 0 Å². The number of anilines is 1. The molecule has 0 radical (unpaired) electrons. The van der Waals surface area contributed by atoms with E-state index in [1.807, 2.05) is 24.3 Å². The molecule has 1 rings (SSSR count). The zero-order chi connectivity index (χ0) is 15.0. The largest absolute Gasteiger partial charge is 0.326 e. The van der Waals surface area contributed by atoms with Gasteiger partial charge in [-0.1, -0.05) is 19.1 Å². The molecule has 1 aromatic rings. The predicted molar refractivity (Wildman–Crippen MR) is 84.6 cm³/mol. The smallest absolute Gasteiger partial charge is 0.224 e. The third kappa shape index (κ3) is 5.72. The minimum atomic E-state index is 0.0664. The first-order valence-corrected chi connectivity index (χ1v) is 7.36. The fraction of sp³-hybridized carbons (Fsp3) is 0.562. The first kappa shape index (κ1) is 16.7. The number of rotatable bonds is 8. The minimum absolute atomic E-state index is 0.0664. The Morgan fingerprint density at radius 1 is 1.45 bits per heavy atom. The van der Waals surface area contributed by atoms with Crippen LogP contribution in [0.3, 0.4) is 0 Å². The average molecular weight is 277 g/mol. The van der Waals surface area contributed by atoms with Gasteiger partial charge in [0.05, 0.1) is 0 Å². The molecule has 3 N–H and O–H groups in total. The number of nitrogens with zero attached hydrogens (tertiary/aromatic N) is 1. The fourth-order valence-corrected chi connectivity index (χ4v) is 2.02. The Morgan fingerprint density at radius 3 is 2.85 bits per heavy atom. The lowest BCUT2D eigenvalue weighted by Crippen LogP contribution is -2.29. The second-order valence-electron chi connectivity index (χ2n) is 5.29. The summed E-state index contributed by atoms with van der Waals surface area (Å²) in [6, 6.07) is 8.25. The Labute approximate surface area is 122 Å². The van der Waals surface area contributed by atoms with Gasteiger partial charge in [0.2, 0.25) is 5.91 Å². The van der Waals surface area contributed by atoms with Gasteiger partial charge < -0.3 is 16.0 Å². The van der Waals surface area contributed by atoms with Gasteiger partial charge in [0.15, 0.2) is 0 Å². The van der Waals surface area contributed by atoms with E-state index in [4.69, 9.17) is 5.73 Å². The number of benzene rings is 1. The van der Waals surface area contributed by atoms with Gasteiger partial charge in [0.1, 0.15) is 0 Å². The highest BCUT2D eigenvalue weighted by molar-refractivity contribution is 5.90. The lowest BCUT2D eigenvalue weighted by Gasteiger charge is -2.23. The summed E-state index contributed by atoms with van der Waals surface area (Å²) in [5.74, 6) is 0.0664. The van der Waals surface area contributed by atoms with E-state index >= 15 is 0 Å². The van der Waals surface area contributed by atoms with Crippen molar-refractivity contribution < 1.29 is 4.79 Å². The normalized spacial score (nSPS) is 12.4. The van der Waals surface area contributed by atoms with Gasteiger partial charge in [-0.15, -0.1) is 0 Å². The molecule has 0 heterocycles. The van der Waals surface area contributed by atoms with Crippen LogP contribution < -0.4 is 11.1 Å². The molecule has 1 atom stereocenters. The van der Waals surface area contributed by atoms with E-state index in [0.29, 0.717) is 19.0 Å². The summed E-state index contributed by atoms with van der Waals surface area (Å²) in [6.45, 7) is 5.82. The average Bonchev–Trinajstić information content (AvgIpc) is 2.46. The monoisotopic (exact) mass is 277 g/mol. The standard InChI is InChI=1S/C16H27N3O/c1-4-13(2)19(3)10-6-9-16(20)18-15-8-5-7-14(11-15)12-17/h5,7-8,11,13H,4,6,9-10,12,17H2,1-3H3,(H,18,20). The summed E-state index contributed by atoms with van der Waals surface area (Å²) in [5, 5.41) is 2.92. The summed E-state index contributed by atoms with van der Waals surface area (Å²) in [6.07, 6.45) is 2.56. The summed E-state index contributed by atoms with van der Waals surface area (Å²) in [4.78, 5) is 14.2. The zero-order valence-electron chi connectivity index (χ0n) is 12.9. The van der Waals surface area contributed by atoms with Gasteiger partial charge in [-0.05, 0) is 51.1 Å². The van der Waals surface area contributed by atoms with Crippen molar-refractivity contribution in [2.75, 3.05) is 18.9 Å². The Hall–Kier alpha value is -1.39. The Morgan fingerprint density at radius 2 is 2.20 bits per heavy atom. The van der Waals surface area contributed by atoms with Crippen molar-refractivity contribution >= 4 is 11.6 Å². The number of nitrogens with two attached hydrogens (primary N) is 1. The molecule has 1 unspecified atom stereocenters. The third-order valence-electron chi connectivity index (χ3n) is 3.70. The van der Waals surface area contributed by atoms with Gasteiger partial charge in [0.25, 0.3) is 0 Å². The van der Waals surface area contributed by atoms with Crippen molar-refractivity contribution in [3.8, 4) is 0 Å². The number of carbonyl (C=O) groups excluding carboxylic acids is 1. The Kier molecular flexibility index (Phi) is 7.26. The van der Waals surface area contributed by atoms with Gasteiger partial charge in [0, 0.05) is 24.7 Å². The number of nitrogens with one attached hydrogen (secondary N) is 1. The molecule has 0 spiro atoms. The van der Waals surface area contributed by atoms with E-state index in [1.165, 1.54) is 0 Å². The SMILES string of the molecule is CCC(C)N(C)CCCC(=O)Nc1cccc(CN)c1. The van der Waals surface area contributed by atoms with Crippen molar-refractivity contribution in [2.24, 2.45) is 5.73 Å². The highest BCUT2D eigenvalue weighted by Crippen LogP contribution is 2.11.